The van der Waals surface area contributed by atoms with Crippen LogP contribution in [0.15, 0.2) is 47.6 Å². The molecule has 0 aliphatic carbocycles. The van der Waals surface area contributed by atoms with Crippen LogP contribution in [0.25, 0.3) is 10.9 Å². The third-order valence-corrected chi connectivity index (χ3v) is 5.04. The summed E-state index contributed by atoms with van der Waals surface area (Å²) < 4.78 is 34.2. The minimum Gasteiger partial charge on any atom is -0.454 e. The van der Waals surface area contributed by atoms with E-state index in [1.54, 1.807) is 18.2 Å². The molecule has 0 saturated carbocycles. The number of aromatic nitrogens is 2. The zero-order chi connectivity index (χ0) is 17.4. The van der Waals surface area contributed by atoms with Crippen molar-refractivity contribution in [3.05, 3.63) is 48.3 Å². The third-order valence-electron chi connectivity index (χ3n) is 3.93. The molecule has 128 valence electrons. The van der Waals surface area contributed by atoms with E-state index >= 15 is 0 Å². The molecule has 0 atom stereocenters. The second kappa shape index (κ2) is 5.89. The molecule has 2 heterocycles. The molecule has 0 bridgehead atoms. The quantitative estimate of drug-likeness (QED) is 0.766. The number of benzene rings is 2. The zero-order valence-corrected chi connectivity index (χ0v) is 14.2. The summed E-state index contributed by atoms with van der Waals surface area (Å²) in [6.07, 6.45) is 2.63. The smallest absolute Gasteiger partial charge is 0.231 e. The van der Waals surface area contributed by atoms with Crippen LogP contribution in [-0.2, 0) is 16.4 Å². The van der Waals surface area contributed by atoms with Gasteiger partial charge in [0.05, 0.1) is 10.4 Å². The Kier molecular flexibility index (Phi) is 3.69. The number of nitrogens with zero attached hydrogens (tertiary/aromatic N) is 2. The zero-order valence-electron chi connectivity index (χ0n) is 13.4. The van der Waals surface area contributed by atoms with Crippen molar-refractivity contribution in [3.8, 4) is 11.5 Å². The molecule has 3 aromatic rings. The van der Waals surface area contributed by atoms with E-state index < -0.39 is 9.84 Å². The Bertz CT molecular complexity index is 1070. The molecule has 1 N–H and O–H groups in total. The summed E-state index contributed by atoms with van der Waals surface area (Å²) in [6, 6.07) is 10.5. The predicted octanol–water partition coefficient (Wildman–Crippen LogP) is 2.37. The number of anilines is 1. The van der Waals surface area contributed by atoms with Crippen LogP contribution in [-0.4, -0.2) is 31.4 Å². The molecule has 1 aliphatic heterocycles. The highest BCUT2D eigenvalue weighted by Crippen LogP contribution is 2.32. The van der Waals surface area contributed by atoms with Crippen LogP contribution in [0.4, 0.5) is 5.82 Å². The van der Waals surface area contributed by atoms with E-state index in [1.807, 2.05) is 18.2 Å². The Morgan fingerprint density at radius 2 is 1.92 bits per heavy atom. The van der Waals surface area contributed by atoms with Crippen molar-refractivity contribution in [2.75, 3.05) is 18.4 Å². The summed E-state index contributed by atoms with van der Waals surface area (Å²) in [6.45, 7) is 0.739. The first-order valence-corrected chi connectivity index (χ1v) is 9.47. The van der Waals surface area contributed by atoms with Gasteiger partial charge in [-0.3, -0.25) is 0 Å². The highest BCUT2D eigenvalue weighted by Gasteiger charge is 2.14. The Hall–Kier alpha value is -2.87. The fraction of sp³-hybridized carbons (Fsp3) is 0.176. The molecule has 0 saturated heterocycles. The van der Waals surface area contributed by atoms with Gasteiger partial charge in [-0.2, -0.15) is 0 Å². The molecular formula is C17H15N3O4S. The number of fused-ring (bicyclic) bond motifs is 2. The molecule has 25 heavy (non-hydrogen) atoms. The van der Waals surface area contributed by atoms with Crippen molar-refractivity contribution in [1.82, 2.24) is 9.97 Å². The minimum atomic E-state index is -3.30. The Morgan fingerprint density at radius 3 is 2.76 bits per heavy atom. The van der Waals surface area contributed by atoms with Crippen molar-refractivity contribution in [1.29, 1.82) is 0 Å². The lowest BCUT2D eigenvalue weighted by atomic mass is 10.2. The van der Waals surface area contributed by atoms with Crippen LogP contribution in [0.1, 0.15) is 5.56 Å². The van der Waals surface area contributed by atoms with Crippen molar-refractivity contribution in [3.63, 3.8) is 0 Å². The van der Waals surface area contributed by atoms with E-state index in [4.69, 9.17) is 9.47 Å². The van der Waals surface area contributed by atoms with E-state index in [1.165, 1.54) is 12.6 Å². The SMILES string of the molecule is CS(=O)(=O)c1ccc2ncnc(NCc3ccc4c(c3)OCO4)c2c1. The topological polar surface area (TPSA) is 90.4 Å². The van der Waals surface area contributed by atoms with Gasteiger partial charge in [-0.05, 0) is 35.9 Å². The maximum Gasteiger partial charge on any atom is 0.231 e. The van der Waals surface area contributed by atoms with Gasteiger partial charge in [-0.15, -0.1) is 0 Å². The highest BCUT2D eigenvalue weighted by molar-refractivity contribution is 7.90. The van der Waals surface area contributed by atoms with Gasteiger partial charge in [0.2, 0.25) is 6.79 Å². The van der Waals surface area contributed by atoms with Crippen molar-refractivity contribution in [2.45, 2.75) is 11.4 Å². The monoisotopic (exact) mass is 357 g/mol. The summed E-state index contributed by atoms with van der Waals surface area (Å²) >= 11 is 0. The molecule has 8 heteroatoms. The number of rotatable bonds is 4. The Balaban J connectivity index is 1.64. The van der Waals surface area contributed by atoms with Crippen LogP contribution >= 0.6 is 0 Å². The molecule has 0 fully saturated rings. The molecule has 0 radical (unpaired) electrons. The summed E-state index contributed by atoms with van der Waals surface area (Å²) in [7, 11) is -3.30. The van der Waals surface area contributed by atoms with E-state index in [0.29, 0.717) is 29.0 Å². The van der Waals surface area contributed by atoms with Gasteiger partial charge >= 0.3 is 0 Å². The summed E-state index contributed by atoms with van der Waals surface area (Å²) in [4.78, 5) is 8.67. The van der Waals surface area contributed by atoms with Crippen LogP contribution < -0.4 is 14.8 Å². The molecule has 7 nitrogen and oxygen atoms in total. The Labute approximate surface area is 144 Å². The molecule has 1 aromatic heterocycles. The van der Waals surface area contributed by atoms with Crippen LogP contribution in [0.3, 0.4) is 0 Å². The van der Waals surface area contributed by atoms with Crippen LogP contribution in [0.5, 0.6) is 11.5 Å². The lowest BCUT2D eigenvalue weighted by molar-refractivity contribution is 0.174. The third kappa shape index (κ3) is 3.08. The minimum absolute atomic E-state index is 0.233. The molecule has 4 rings (SSSR count). The number of hydrogen-bond acceptors (Lipinski definition) is 7. The van der Waals surface area contributed by atoms with Gasteiger partial charge in [0.15, 0.2) is 21.3 Å². The fourth-order valence-corrected chi connectivity index (χ4v) is 3.29. The second-order valence-corrected chi connectivity index (χ2v) is 7.73. The number of sulfone groups is 1. The molecule has 0 unspecified atom stereocenters. The fourth-order valence-electron chi connectivity index (χ4n) is 2.64. The van der Waals surface area contributed by atoms with E-state index in [-0.39, 0.29) is 11.7 Å². The van der Waals surface area contributed by atoms with Crippen molar-refractivity contribution < 1.29 is 17.9 Å². The van der Waals surface area contributed by atoms with Gasteiger partial charge < -0.3 is 14.8 Å². The first-order valence-electron chi connectivity index (χ1n) is 7.58. The average molecular weight is 357 g/mol. The largest absolute Gasteiger partial charge is 0.454 e. The molecule has 0 spiro atoms. The number of ether oxygens (including phenoxy) is 2. The maximum absolute atomic E-state index is 11.8. The van der Waals surface area contributed by atoms with E-state index in [9.17, 15) is 8.42 Å². The van der Waals surface area contributed by atoms with Crippen molar-refractivity contribution in [2.24, 2.45) is 0 Å². The predicted molar refractivity (Wildman–Crippen MR) is 92.5 cm³/mol. The molecule has 2 aromatic carbocycles. The van der Waals surface area contributed by atoms with Gasteiger partial charge in [0.1, 0.15) is 12.1 Å². The average Bonchev–Trinajstić information content (AvgIpc) is 3.06. The first-order chi connectivity index (χ1) is 12.0. The highest BCUT2D eigenvalue weighted by atomic mass is 32.2. The lowest BCUT2D eigenvalue weighted by Crippen LogP contribution is -2.04. The van der Waals surface area contributed by atoms with E-state index in [0.717, 1.165) is 11.3 Å². The van der Waals surface area contributed by atoms with Crippen molar-refractivity contribution >= 4 is 26.6 Å². The van der Waals surface area contributed by atoms with Crippen LogP contribution in [0, 0.1) is 0 Å². The standard InChI is InChI=1S/C17H15N3O4S/c1-25(21,22)12-3-4-14-13(7-12)17(20-9-19-14)18-8-11-2-5-15-16(6-11)24-10-23-15/h2-7,9H,8,10H2,1H3,(H,18,19,20). The second-order valence-electron chi connectivity index (χ2n) is 5.71. The number of nitrogens with one attached hydrogen (secondary N) is 1. The molecular weight excluding hydrogens is 342 g/mol. The van der Waals surface area contributed by atoms with Crippen LogP contribution in [0.2, 0.25) is 0 Å². The number of hydrogen-bond donors (Lipinski definition) is 1. The summed E-state index contributed by atoms with van der Waals surface area (Å²) in [5, 5.41) is 3.89. The lowest BCUT2D eigenvalue weighted by Gasteiger charge is -2.10. The molecule has 1 aliphatic rings. The maximum atomic E-state index is 11.8. The van der Waals surface area contributed by atoms with Gasteiger partial charge in [0, 0.05) is 18.2 Å². The van der Waals surface area contributed by atoms with Gasteiger partial charge in [-0.25, -0.2) is 18.4 Å². The van der Waals surface area contributed by atoms with E-state index in [2.05, 4.69) is 15.3 Å². The normalized spacial score (nSPS) is 13.2. The summed E-state index contributed by atoms with van der Waals surface area (Å²) in [5.74, 6) is 2.02. The van der Waals surface area contributed by atoms with Gasteiger partial charge in [0.25, 0.3) is 0 Å². The van der Waals surface area contributed by atoms with Gasteiger partial charge in [-0.1, -0.05) is 6.07 Å². The first kappa shape index (κ1) is 15.6. The summed E-state index contributed by atoms with van der Waals surface area (Å²) in [5.41, 5.74) is 1.67. The molecule has 0 amide bonds. The Morgan fingerprint density at radius 1 is 1.08 bits per heavy atom.